The maximum atomic E-state index is 12.1. The van der Waals surface area contributed by atoms with E-state index in [1.54, 1.807) is 29.2 Å². The third-order valence-corrected chi connectivity index (χ3v) is 4.08. The molecule has 0 fully saturated rings. The van der Waals surface area contributed by atoms with E-state index >= 15 is 0 Å². The highest BCUT2D eigenvalue weighted by atomic mass is 16.2. The van der Waals surface area contributed by atoms with Crippen LogP contribution in [0.1, 0.15) is 29.8 Å². The van der Waals surface area contributed by atoms with Crippen LogP contribution >= 0.6 is 0 Å². The van der Waals surface area contributed by atoms with Crippen LogP contribution in [-0.2, 0) is 4.79 Å². The van der Waals surface area contributed by atoms with Crippen LogP contribution in [0.2, 0.25) is 0 Å². The standard InChI is InChI=1S/C20H20N4O2/c1-14-12-22-20(26)24(14)18-8-6-17(7-9-18)15(2)23-19(25)10-5-16-4-3-11-21-13-16/h3-13,15H,1-2H3,(H,22,26)(H,23,25)/b10-5+. The quantitative estimate of drug-likeness (QED) is 0.696. The molecule has 0 aliphatic carbocycles. The summed E-state index contributed by atoms with van der Waals surface area (Å²) in [5, 5.41) is 2.92. The summed E-state index contributed by atoms with van der Waals surface area (Å²) in [6.45, 7) is 3.78. The minimum atomic E-state index is -0.178. The van der Waals surface area contributed by atoms with Gasteiger partial charge in [-0.1, -0.05) is 18.2 Å². The second-order valence-electron chi connectivity index (χ2n) is 6.01. The highest BCUT2D eigenvalue weighted by molar-refractivity contribution is 5.91. The van der Waals surface area contributed by atoms with Gasteiger partial charge in [-0.25, -0.2) is 4.79 Å². The van der Waals surface area contributed by atoms with Crippen molar-refractivity contribution in [3.63, 3.8) is 0 Å². The number of benzene rings is 1. The first-order valence-corrected chi connectivity index (χ1v) is 8.30. The Kier molecular flexibility index (Phi) is 5.12. The Morgan fingerprint density at radius 1 is 1.27 bits per heavy atom. The van der Waals surface area contributed by atoms with Crippen molar-refractivity contribution in [2.75, 3.05) is 0 Å². The third kappa shape index (κ3) is 3.97. The van der Waals surface area contributed by atoms with Gasteiger partial charge in [0.2, 0.25) is 5.91 Å². The number of hydrogen-bond donors (Lipinski definition) is 2. The van der Waals surface area contributed by atoms with Crippen molar-refractivity contribution in [2.24, 2.45) is 0 Å². The first kappa shape index (κ1) is 17.4. The molecule has 0 aliphatic heterocycles. The minimum Gasteiger partial charge on any atom is -0.346 e. The smallest absolute Gasteiger partial charge is 0.330 e. The lowest BCUT2D eigenvalue weighted by molar-refractivity contribution is -0.117. The number of nitrogens with one attached hydrogen (secondary N) is 2. The molecule has 2 heterocycles. The zero-order valence-electron chi connectivity index (χ0n) is 14.6. The average molecular weight is 348 g/mol. The third-order valence-electron chi connectivity index (χ3n) is 4.08. The zero-order valence-corrected chi connectivity index (χ0v) is 14.6. The number of aryl methyl sites for hydroxylation is 1. The van der Waals surface area contributed by atoms with E-state index in [9.17, 15) is 9.59 Å². The molecule has 3 rings (SSSR count). The van der Waals surface area contributed by atoms with Crippen LogP contribution in [0.4, 0.5) is 0 Å². The van der Waals surface area contributed by atoms with Crippen molar-refractivity contribution in [1.29, 1.82) is 0 Å². The van der Waals surface area contributed by atoms with E-state index in [0.717, 1.165) is 22.5 Å². The second-order valence-corrected chi connectivity index (χ2v) is 6.01. The van der Waals surface area contributed by atoms with Gasteiger partial charge < -0.3 is 10.3 Å². The number of pyridine rings is 1. The summed E-state index contributed by atoms with van der Waals surface area (Å²) in [6.07, 6.45) is 8.26. The average Bonchev–Trinajstić information content (AvgIpc) is 2.99. The molecule has 0 bridgehead atoms. The van der Waals surface area contributed by atoms with Gasteiger partial charge in [-0.2, -0.15) is 0 Å². The number of carbonyl (C=O) groups is 1. The molecule has 26 heavy (non-hydrogen) atoms. The molecule has 0 saturated carbocycles. The summed E-state index contributed by atoms with van der Waals surface area (Å²) in [5.74, 6) is -0.178. The number of hydrogen-bond acceptors (Lipinski definition) is 3. The zero-order chi connectivity index (χ0) is 18.5. The summed E-state index contributed by atoms with van der Waals surface area (Å²) in [4.78, 5) is 30.6. The van der Waals surface area contributed by atoms with E-state index < -0.39 is 0 Å². The van der Waals surface area contributed by atoms with Crippen molar-refractivity contribution in [3.05, 3.63) is 88.4 Å². The largest absolute Gasteiger partial charge is 0.346 e. The Hall–Kier alpha value is -3.41. The first-order valence-electron chi connectivity index (χ1n) is 8.30. The molecule has 132 valence electrons. The maximum absolute atomic E-state index is 12.1. The number of amides is 1. The molecule has 1 amide bonds. The molecule has 6 nitrogen and oxygen atoms in total. The molecule has 1 unspecified atom stereocenters. The molecule has 2 N–H and O–H groups in total. The van der Waals surface area contributed by atoms with Gasteiger partial charge in [0.05, 0.1) is 11.7 Å². The van der Waals surface area contributed by atoms with Gasteiger partial charge in [-0.15, -0.1) is 0 Å². The summed E-state index contributed by atoms with van der Waals surface area (Å²) >= 11 is 0. The SMILES string of the molecule is Cc1c[nH]c(=O)n1-c1ccc(C(C)NC(=O)/C=C/c2cccnc2)cc1. The lowest BCUT2D eigenvalue weighted by atomic mass is 10.1. The highest BCUT2D eigenvalue weighted by Gasteiger charge is 2.09. The maximum Gasteiger partial charge on any atom is 0.330 e. The fraction of sp³-hybridized carbons (Fsp3) is 0.150. The van der Waals surface area contributed by atoms with E-state index in [4.69, 9.17) is 0 Å². The summed E-state index contributed by atoms with van der Waals surface area (Å²) in [5.41, 5.74) is 3.28. The van der Waals surface area contributed by atoms with Crippen LogP contribution in [-0.4, -0.2) is 20.4 Å². The molecule has 0 radical (unpaired) electrons. The molecule has 6 heteroatoms. The Morgan fingerprint density at radius 3 is 2.65 bits per heavy atom. The van der Waals surface area contributed by atoms with Crippen molar-refractivity contribution in [3.8, 4) is 5.69 Å². The number of imidazole rings is 1. The van der Waals surface area contributed by atoms with Gasteiger partial charge >= 0.3 is 5.69 Å². The van der Waals surface area contributed by atoms with Gasteiger partial charge in [0.25, 0.3) is 0 Å². The van der Waals surface area contributed by atoms with Crippen molar-refractivity contribution in [1.82, 2.24) is 19.9 Å². The molecule has 1 atom stereocenters. The fourth-order valence-electron chi connectivity index (χ4n) is 2.68. The Bertz CT molecular complexity index is 969. The van der Waals surface area contributed by atoms with Gasteiger partial charge in [0, 0.05) is 30.4 Å². The predicted octanol–water partition coefficient (Wildman–Crippen LogP) is 2.76. The lowest BCUT2D eigenvalue weighted by Crippen LogP contribution is -2.24. The Balaban J connectivity index is 1.66. The van der Waals surface area contributed by atoms with Crippen LogP contribution in [0, 0.1) is 6.92 Å². The minimum absolute atomic E-state index is 0.154. The fourth-order valence-corrected chi connectivity index (χ4v) is 2.68. The van der Waals surface area contributed by atoms with Crippen LogP contribution in [0.5, 0.6) is 0 Å². The Labute approximate surface area is 151 Å². The van der Waals surface area contributed by atoms with Gasteiger partial charge in [-0.05, 0) is 49.2 Å². The number of nitrogens with zero attached hydrogens (tertiary/aromatic N) is 2. The van der Waals surface area contributed by atoms with Crippen molar-refractivity contribution in [2.45, 2.75) is 19.9 Å². The normalized spacial score (nSPS) is 12.2. The molecule has 0 aliphatic rings. The lowest BCUT2D eigenvalue weighted by Gasteiger charge is -2.14. The topological polar surface area (TPSA) is 79.8 Å². The second kappa shape index (κ2) is 7.65. The number of aromatic amines is 1. The number of carbonyl (C=O) groups excluding carboxylic acids is 1. The molecule has 0 spiro atoms. The highest BCUT2D eigenvalue weighted by Crippen LogP contribution is 2.16. The van der Waals surface area contributed by atoms with Gasteiger partial charge in [0.1, 0.15) is 0 Å². The van der Waals surface area contributed by atoms with Crippen molar-refractivity contribution >= 4 is 12.0 Å². The van der Waals surface area contributed by atoms with Crippen LogP contribution in [0.15, 0.2) is 65.9 Å². The van der Waals surface area contributed by atoms with Crippen molar-refractivity contribution < 1.29 is 4.79 Å². The molecular weight excluding hydrogens is 328 g/mol. The van der Waals surface area contributed by atoms with Gasteiger partial charge in [-0.3, -0.25) is 14.3 Å². The molecular formula is C20H20N4O2. The molecule has 3 aromatic rings. The van der Waals surface area contributed by atoms with Gasteiger partial charge in [0.15, 0.2) is 0 Å². The van der Waals surface area contributed by atoms with Crippen LogP contribution in [0.3, 0.4) is 0 Å². The number of aromatic nitrogens is 3. The van der Waals surface area contributed by atoms with E-state index in [1.165, 1.54) is 6.08 Å². The van der Waals surface area contributed by atoms with E-state index in [0.29, 0.717) is 0 Å². The van der Waals surface area contributed by atoms with E-state index in [1.807, 2.05) is 50.2 Å². The Morgan fingerprint density at radius 2 is 2.04 bits per heavy atom. The van der Waals surface area contributed by atoms with Crippen LogP contribution in [0.25, 0.3) is 11.8 Å². The first-order chi connectivity index (χ1) is 12.5. The number of H-pyrrole nitrogens is 1. The summed E-state index contributed by atoms with van der Waals surface area (Å²) in [7, 11) is 0. The number of rotatable bonds is 5. The summed E-state index contributed by atoms with van der Waals surface area (Å²) in [6, 6.07) is 11.1. The monoisotopic (exact) mass is 348 g/mol. The summed E-state index contributed by atoms with van der Waals surface area (Å²) < 4.78 is 1.60. The molecule has 0 saturated heterocycles. The molecule has 1 aromatic carbocycles. The molecule has 2 aromatic heterocycles. The van der Waals surface area contributed by atoms with E-state index in [2.05, 4.69) is 15.3 Å². The van der Waals surface area contributed by atoms with E-state index in [-0.39, 0.29) is 17.6 Å². The predicted molar refractivity (Wildman–Crippen MR) is 101 cm³/mol. The van der Waals surface area contributed by atoms with Crippen LogP contribution < -0.4 is 11.0 Å².